The molecule has 1 atom stereocenters. The minimum atomic E-state index is -0.195. The maximum atomic E-state index is 12.5. The van der Waals surface area contributed by atoms with Gasteiger partial charge in [-0.25, -0.2) is 0 Å². The summed E-state index contributed by atoms with van der Waals surface area (Å²) in [5.74, 6) is 0.690. The molecule has 1 saturated carbocycles. The first kappa shape index (κ1) is 15.8. The standard InChI is InChI=1S/C17H23ClN2O2/c1-19(17(22)13-5-7-14(18)8-6-13)11-16(12-3-2-4-12)20-9-15(21)10-20/h5-8,12,15-16,21H,2-4,9-11H2,1H3. The first-order chi connectivity index (χ1) is 10.5. The molecule has 2 aliphatic rings. The van der Waals surface area contributed by atoms with E-state index in [0.29, 0.717) is 22.5 Å². The molecule has 5 heteroatoms. The monoisotopic (exact) mass is 322 g/mol. The molecule has 0 aromatic heterocycles. The number of carbonyl (C=O) groups excluding carboxylic acids is 1. The quantitative estimate of drug-likeness (QED) is 0.904. The average molecular weight is 323 g/mol. The van der Waals surface area contributed by atoms with Crippen LogP contribution in [0.4, 0.5) is 0 Å². The van der Waals surface area contributed by atoms with E-state index in [1.165, 1.54) is 19.3 Å². The number of hydrogen-bond acceptors (Lipinski definition) is 3. The van der Waals surface area contributed by atoms with Crippen molar-refractivity contribution in [1.29, 1.82) is 0 Å². The van der Waals surface area contributed by atoms with E-state index in [1.807, 2.05) is 7.05 Å². The molecule has 1 aliphatic heterocycles. The number of likely N-dealkylation sites (tertiary alicyclic amines) is 1. The van der Waals surface area contributed by atoms with Gasteiger partial charge in [-0.15, -0.1) is 0 Å². The zero-order valence-corrected chi connectivity index (χ0v) is 13.7. The molecule has 0 spiro atoms. The number of likely N-dealkylation sites (N-methyl/N-ethyl adjacent to an activating group) is 1. The van der Waals surface area contributed by atoms with Gasteiger partial charge in [-0.05, 0) is 43.0 Å². The topological polar surface area (TPSA) is 43.8 Å². The fourth-order valence-corrected chi connectivity index (χ4v) is 3.45. The van der Waals surface area contributed by atoms with Gasteiger partial charge in [0.1, 0.15) is 0 Å². The van der Waals surface area contributed by atoms with Gasteiger partial charge in [0.2, 0.25) is 0 Å². The van der Waals surface area contributed by atoms with Crippen molar-refractivity contribution in [3.05, 3.63) is 34.9 Å². The lowest BCUT2D eigenvalue weighted by atomic mass is 9.78. The van der Waals surface area contributed by atoms with Crippen molar-refractivity contribution >= 4 is 17.5 Å². The smallest absolute Gasteiger partial charge is 0.253 e. The van der Waals surface area contributed by atoms with E-state index in [9.17, 15) is 9.90 Å². The Balaban J connectivity index is 1.63. The van der Waals surface area contributed by atoms with Crippen LogP contribution < -0.4 is 0 Å². The molecule has 120 valence electrons. The van der Waals surface area contributed by atoms with E-state index >= 15 is 0 Å². The van der Waals surface area contributed by atoms with Crippen LogP contribution in [0.1, 0.15) is 29.6 Å². The third kappa shape index (κ3) is 3.29. The second kappa shape index (κ2) is 6.57. The highest BCUT2D eigenvalue weighted by atomic mass is 35.5. The van der Waals surface area contributed by atoms with Gasteiger partial charge in [0.15, 0.2) is 0 Å². The molecule has 1 aromatic rings. The second-order valence-corrected chi connectivity index (χ2v) is 7.00. The summed E-state index contributed by atoms with van der Waals surface area (Å²) in [7, 11) is 1.86. The summed E-state index contributed by atoms with van der Waals surface area (Å²) < 4.78 is 0. The first-order valence-corrected chi connectivity index (χ1v) is 8.35. The molecule has 2 fully saturated rings. The van der Waals surface area contributed by atoms with Gasteiger partial charge in [0.05, 0.1) is 6.10 Å². The average Bonchev–Trinajstić information content (AvgIpc) is 2.41. The van der Waals surface area contributed by atoms with Gasteiger partial charge in [0.25, 0.3) is 5.91 Å². The Bertz CT molecular complexity index is 524. The largest absolute Gasteiger partial charge is 0.390 e. The summed E-state index contributed by atoms with van der Waals surface area (Å²) in [5.41, 5.74) is 0.669. The fourth-order valence-electron chi connectivity index (χ4n) is 3.32. The van der Waals surface area contributed by atoms with Crippen LogP contribution in [0.15, 0.2) is 24.3 Å². The molecule has 3 rings (SSSR count). The number of aliphatic hydroxyl groups is 1. The molecule has 1 aromatic carbocycles. The molecule has 1 heterocycles. The van der Waals surface area contributed by atoms with Crippen molar-refractivity contribution in [1.82, 2.24) is 9.80 Å². The van der Waals surface area contributed by atoms with Crippen LogP contribution in [0, 0.1) is 5.92 Å². The summed E-state index contributed by atoms with van der Waals surface area (Å²) in [6.07, 6.45) is 3.56. The SMILES string of the molecule is CN(CC(C1CCC1)N1CC(O)C1)C(=O)c1ccc(Cl)cc1. The Labute approximate surface area is 136 Å². The first-order valence-electron chi connectivity index (χ1n) is 7.97. The predicted molar refractivity (Wildman–Crippen MR) is 87.1 cm³/mol. The highest BCUT2D eigenvalue weighted by molar-refractivity contribution is 6.30. The lowest BCUT2D eigenvalue weighted by molar-refractivity contribution is -0.0555. The number of hydrogen-bond donors (Lipinski definition) is 1. The molecule has 22 heavy (non-hydrogen) atoms. The fraction of sp³-hybridized carbons (Fsp3) is 0.588. The Hall–Kier alpha value is -1.10. The van der Waals surface area contributed by atoms with Crippen LogP contribution in [0.5, 0.6) is 0 Å². The summed E-state index contributed by atoms with van der Waals surface area (Å²) in [6.45, 7) is 2.20. The maximum Gasteiger partial charge on any atom is 0.253 e. The van der Waals surface area contributed by atoms with Crippen LogP contribution in [0.25, 0.3) is 0 Å². The van der Waals surface area contributed by atoms with Crippen molar-refractivity contribution in [3.63, 3.8) is 0 Å². The van der Waals surface area contributed by atoms with E-state index in [1.54, 1.807) is 29.2 Å². The van der Waals surface area contributed by atoms with E-state index in [-0.39, 0.29) is 12.0 Å². The maximum absolute atomic E-state index is 12.5. The molecule has 4 nitrogen and oxygen atoms in total. The van der Waals surface area contributed by atoms with Crippen LogP contribution in [0.3, 0.4) is 0 Å². The van der Waals surface area contributed by atoms with Crippen molar-refractivity contribution < 1.29 is 9.90 Å². The Kier molecular flexibility index (Phi) is 4.71. The number of carbonyl (C=O) groups is 1. The number of nitrogens with zero attached hydrogens (tertiary/aromatic N) is 2. The Morgan fingerprint density at radius 3 is 2.50 bits per heavy atom. The van der Waals surface area contributed by atoms with Gasteiger partial charge in [-0.2, -0.15) is 0 Å². The molecule has 1 aliphatic carbocycles. The zero-order valence-electron chi connectivity index (χ0n) is 12.9. The van der Waals surface area contributed by atoms with E-state index < -0.39 is 0 Å². The lowest BCUT2D eigenvalue weighted by Gasteiger charge is -2.48. The second-order valence-electron chi connectivity index (χ2n) is 6.56. The van der Waals surface area contributed by atoms with Crippen molar-refractivity contribution in [3.8, 4) is 0 Å². The predicted octanol–water partition coefficient (Wildman–Crippen LogP) is 2.26. The highest BCUT2D eigenvalue weighted by Crippen LogP contribution is 2.34. The Morgan fingerprint density at radius 1 is 1.36 bits per heavy atom. The van der Waals surface area contributed by atoms with Crippen molar-refractivity contribution in [2.75, 3.05) is 26.7 Å². The van der Waals surface area contributed by atoms with Crippen LogP contribution in [-0.4, -0.2) is 59.6 Å². The number of rotatable bonds is 5. The van der Waals surface area contributed by atoms with Crippen LogP contribution >= 0.6 is 11.6 Å². The molecule has 1 N–H and O–H groups in total. The molecule has 0 radical (unpaired) electrons. The highest BCUT2D eigenvalue weighted by Gasteiger charge is 2.38. The molecule has 1 unspecified atom stereocenters. The van der Waals surface area contributed by atoms with Gasteiger partial charge in [-0.1, -0.05) is 18.0 Å². The number of benzene rings is 1. The molecular weight excluding hydrogens is 300 g/mol. The summed E-state index contributed by atoms with van der Waals surface area (Å²) >= 11 is 5.87. The minimum absolute atomic E-state index is 0.0297. The Morgan fingerprint density at radius 2 is 2.00 bits per heavy atom. The van der Waals surface area contributed by atoms with Crippen molar-refractivity contribution in [2.45, 2.75) is 31.4 Å². The molecule has 1 amide bonds. The number of amides is 1. The zero-order chi connectivity index (χ0) is 15.7. The van der Waals surface area contributed by atoms with E-state index in [2.05, 4.69) is 4.90 Å². The third-order valence-electron chi connectivity index (χ3n) is 4.95. The number of halogens is 1. The van der Waals surface area contributed by atoms with Gasteiger partial charge < -0.3 is 10.0 Å². The summed E-state index contributed by atoms with van der Waals surface area (Å²) in [6, 6.07) is 7.41. The van der Waals surface area contributed by atoms with E-state index in [0.717, 1.165) is 19.6 Å². The van der Waals surface area contributed by atoms with Crippen molar-refractivity contribution in [2.24, 2.45) is 5.92 Å². The van der Waals surface area contributed by atoms with Gasteiger partial charge in [0, 0.05) is 43.3 Å². The normalized spacial score (nSPS) is 21.0. The van der Waals surface area contributed by atoms with Crippen LogP contribution in [-0.2, 0) is 0 Å². The summed E-state index contributed by atoms with van der Waals surface area (Å²) in [4.78, 5) is 16.7. The molecule has 1 saturated heterocycles. The number of aliphatic hydroxyl groups excluding tert-OH is 1. The molecular formula is C17H23ClN2O2. The lowest BCUT2D eigenvalue weighted by Crippen LogP contribution is -2.61. The van der Waals surface area contributed by atoms with E-state index in [4.69, 9.17) is 11.6 Å². The summed E-state index contributed by atoms with van der Waals surface area (Å²) in [5, 5.41) is 10.2. The van der Waals surface area contributed by atoms with Gasteiger partial charge in [-0.3, -0.25) is 9.69 Å². The van der Waals surface area contributed by atoms with Gasteiger partial charge >= 0.3 is 0 Å². The number of β-amino-alcohol motifs (C(OH)–C–C–N with tert-alkyl or cyclic N) is 1. The van der Waals surface area contributed by atoms with Crippen LogP contribution in [0.2, 0.25) is 5.02 Å². The molecule has 0 bridgehead atoms. The minimum Gasteiger partial charge on any atom is -0.390 e. The third-order valence-corrected chi connectivity index (χ3v) is 5.20.